The summed E-state index contributed by atoms with van der Waals surface area (Å²) in [6, 6.07) is 0. The number of hydrogen-bond acceptors (Lipinski definition) is 4. The fourth-order valence-electron chi connectivity index (χ4n) is 3.22. The fraction of sp³-hybridized carbons (Fsp3) is 0.929. The van der Waals surface area contributed by atoms with E-state index in [1.165, 1.54) is 64.2 Å². The first-order valence-electron chi connectivity index (χ1n) is 14.1. The molecule has 5 heteroatoms. The van der Waals surface area contributed by atoms with Gasteiger partial charge in [0.25, 0.3) is 0 Å². The molecule has 0 saturated heterocycles. The molecule has 0 N–H and O–H groups in total. The molecule has 0 rings (SSSR count). The Balaban J connectivity index is -0.000000415. The van der Waals surface area contributed by atoms with Crippen molar-refractivity contribution in [2.24, 2.45) is 0 Å². The van der Waals surface area contributed by atoms with Gasteiger partial charge in [-0.1, -0.05) is 65.2 Å². The van der Waals surface area contributed by atoms with Gasteiger partial charge in [0.05, 0.1) is 0 Å². The summed E-state index contributed by atoms with van der Waals surface area (Å²) in [4.78, 5) is 19.8. The van der Waals surface area contributed by atoms with Gasteiger partial charge in [-0.15, -0.1) is 0 Å². The molecular formula is C28H56O4Sn. The predicted octanol–water partition coefficient (Wildman–Crippen LogP) is 6.88. The van der Waals surface area contributed by atoms with Crippen LogP contribution in [0.3, 0.4) is 0 Å². The van der Waals surface area contributed by atoms with Crippen molar-refractivity contribution in [3.63, 3.8) is 0 Å². The number of carboxylic acid groups (broad SMARTS) is 2. The van der Waals surface area contributed by atoms with E-state index in [1.807, 2.05) is 0 Å². The molecule has 0 heterocycles. The van der Waals surface area contributed by atoms with Crippen LogP contribution in [0, 0.1) is 0 Å². The summed E-state index contributed by atoms with van der Waals surface area (Å²) in [7, 11) is 0. The third-order valence-corrected chi connectivity index (χ3v) is 9.42. The Kier molecular flexibility index (Phi) is 41.0. The van der Waals surface area contributed by atoms with Crippen molar-refractivity contribution < 1.29 is 19.8 Å². The monoisotopic (exact) mass is 576 g/mol. The van der Waals surface area contributed by atoms with E-state index in [-0.39, 0.29) is 34.0 Å². The SMILES string of the molecule is CCCCCCCC(=O)[O-].CCCCCCCC(=O)[O-].CCCCC[CH2][Sn+2][CH2]CCCCC. The van der Waals surface area contributed by atoms with Gasteiger partial charge in [-0.25, -0.2) is 0 Å². The van der Waals surface area contributed by atoms with E-state index in [0.717, 1.165) is 38.5 Å². The van der Waals surface area contributed by atoms with Gasteiger partial charge in [0.15, 0.2) is 0 Å². The molecule has 4 nitrogen and oxygen atoms in total. The minimum atomic E-state index is -0.920. The molecule has 0 fully saturated rings. The Labute approximate surface area is 217 Å². The second-order valence-corrected chi connectivity index (χ2v) is 13.2. The third kappa shape index (κ3) is 49.8. The van der Waals surface area contributed by atoms with Crippen LogP contribution in [-0.4, -0.2) is 33.1 Å². The number of carboxylic acids is 2. The zero-order valence-electron chi connectivity index (χ0n) is 22.7. The molecule has 0 aromatic rings. The van der Waals surface area contributed by atoms with E-state index >= 15 is 0 Å². The van der Waals surface area contributed by atoms with Gasteiger partial charge in [-0.3, -0.25) is 0 Å². The van der Waals surface area contributed by atoms with Crippen molar-refractivity contribution in [1.29, 1.82) is 0 Å². The van der Waals surface area contributed by atoms with Gasteiger partial charge in [0, 0.05) is 11.9 Å². The van der Waals surface area contributed by atoms with Crippen LogP contribution >= 0.6 is 0 Å². The summed E-state index contributed by atoms with van der Waals surface area (Å²) in [6.45, 7) is 8.87. The molecule has 0 unspecified atom stereocenters. The maximum atomic E-state index is 9.92. The molecule has 0 amide bonds. The molecule has 0 aliphatic heterocycles. The van der Waals surface area contributed by atoms with Crippen LogP contribution in [0.1, 0.15) is 156 Å². The molecule has 0 saturated carbocycles. The first-order valence-corrected chi connectivity index (χ1v) is 18.1. The van der Waals surface area contributed by atoms with E-state index in [2.05, 4.69) is 27.7 Å². The van der Waals surface area contributed by atoms with E-state index < -0.39 is 11.9 Å². The summed E-state index contributed by atoms with van der Waals surface area (Å²) < 4.78 is 3.30. The zero-order valence-corrected chi connectivity index (χ0v) is 25.5. The molecule has 0 atom stereocenters. The average molecular weight is 575 g/mol. The normalized spacial score (nSPS) is 9.82. The molecule has 0 bridgehead atoms. The molecule has 0 aliphatic carbocycles. The first kappa shape index (κ1) is 37.3. The number of unbranched alkanes of at least 4 members (excludes halogenated alkanes) is 14. The Morgan fingerprint density at radius 3 is 1.00 bits per heavy atom. The first-order chi connectivity index (χ1) is 16.0. The van der Waals surface area contributed by atoms with Crippen LogP contribution in [0.4, 0.5) is 0 Å². The van der Waals surface area contributed by atoms with Crippen molar-refractivity contribution >= 4 is 33.1 Å². The van der Waals surface area contributed by atoms with Gasteiger partial charge < -0.3 is 19.8 Å². The predicted molar refractivity (Wildman–Crippen MR) is 140 cm³/mol. The quantitative estimate of drug-likeness (QED) is 0.104. The minimum absolute atomic E-state index is 0.104. The fourth-order valence-corrected chi connectivity index (χ4v) is 6.79. The average Bonchev–Trinajstić information content (AvgIpc) is 2.78. The van der Waals surface area contributed by atoms with Crippen LogP contribution in [0.2, 0.25) is 8.87 Å². The number of aliphatic carboxylic acids is 2. The van der Waals surface area contributed by atoms with Gasteiger partial charge in [0.2, 0.25) is 0 Å². The molecular weight excluding hydrogens is 519 g/mol. The second kappa shape index (κ2) is 36.3. The molecule has 0 radical (unpaired) electrons. The topological polar surface area (TPSA) is 80.3 Å². The van der Waals surface area contributed by atoms with E-state index in [9.17, 15) is 19.8 Å². The van der Waals surface area contributed by atoms with Crippen molar-refractivity contribution in [2.45, 2.75) is 165 Å². The Morgan fingerprint density at radius 2 is 0.727 bits per heavy atom. The molecule has 0 spiro atoms. The summed E-state index contributed by atoms with van der Waals surface area (Å²) in [5.41, 5.74) is 0. The van der Waals surface area contributed by atoms with Crippen molar-refractivity contribution in [1.82, 2.24) is 0 Å². The van der Waals surface area contributed by atoms with Crippen LogP contribution in [-0.2, 0) is 9.59 Å². The summed E-state index contributed by atoms with van der Waals surface area (Å²) in [5, 5.41) is 19.8. The van der Waals surface area contributed by atoms with Crippen LogP contribution in [0.25, 0.3) is 0 Å². The van der Waals surface area contributed by atoms with Crippen LogP contribution < -0.4 is 10.2 Å². The summed E-state index contributed by atoms with van der Waals surface area (Å²) >= 11 is 0.104. The number of carbonyl (C=O) groups is 2. The van der Waals surface area contributed by atoms with Crippen LogP contribution in [0.15, 0.2) is 0 Å². The van der Waals surface area contributed by atoms with E-state index in [0.29, 0.717) is 0 Å². The molecule has 0 aromatic carbocycles. The van der Waals surface area contributed by atoms with Gasteiger partial charge in [-0.05, 0) is 25.7 Å². The molecule has 0 aromatic heterocycles. The molecule has 196 valence electrons. The molecule has 0 aliphatic rings. The number of carbonyl (C=O) groups excluding carboxylic acids is 2. The number of hydrogen-bond donors (Lipinski definition) is 0. The van der Waals surface area contributed by atoms with Gasteiger partial charge >= 0.3 is 95.2 Å². The van der Waals surface area contributed by atoms with Gasteiger partial charge in [-0.2, -0.15) is 0 Å². The Morgan fingerprint density at radius 1 is 0.455 bits per heavy atom. The second-order valence-electron chi connectivity index (χ2n) is 8.94. The van der Waals surface area contributed by atoms with E-state index in [4.69, 9.17) is 0 Å². The van der Waals surface area contributed by atoms with Gasteiger partial charge in [0.1, 0.15) is 0 Å². The Hall–Kier alpha value is -0.261. The summed E-state index contributed by atoms with van der Waals surface area (Å²) in [5.74, 6) is -1.84. The van der Waals surface area contributed by atoms with Crippen LogP contribution in [0.5, 0.6) is 0 Å². The van der Waals surface area contributed by atoms with Crippen molar-refractivity contribution in [2.75, 3.05) is 0 Å². The van der Waals surface area contributed by atoms with Crippen molar-refractivity contribution in [3.05, 3.63) is 0 Å². The van der Waals surface area contributed by atoms with Crippen molar-refractivity contribution in [3.8, 4) is 0 Å². The Bertz CT molecular complexity index is 341. The molecule has 33 heavy (non-hydrogen) atoms. The maximum absolute atomic E-state index is 9.92. The van der Waals surface area contributed by atoms with E-state index in [1.54, 1.807) is 21.7 Å². The summed E-state index contributed by atoms with van der Waals surface area (Å²) in [6.07, 6.45) is 23.0. The zero-order chi connectivity index (χ0) is 25.4. The standard InChI is InChI=1S/2C8H16O2.2C6H13.Sn/c2*1-2-3-4-5-6-7-8(9)10;2*1-3-5-6-4-2;/h2*2-7H2,1H3,(H,9,10);2*1,3-6H2,2H3;/q;;;;+2/p-2. The number of rotatable bonds is 22. The third-order valence-electron chi connectivity index (χ3n) is 5.38.